The third kappa shape index (κ3) is 2.22. The first-order valence-corrected chi connectivity index (χ1v) is 6.19. The SMILES string of the molecule is Cc1nc(-c2cccc(N3CCNCC3)c2)no1. The number of aryl methyl sites for hydroxylation is 1. The van der Waals surface area contributed by atoms with Crippen molar-refractivity contribution in [1.82, 2.24) is 15.5 Å². The predicted molar refractivity (Wildman–Crippen MR) is 69.6 cm³/mol. The number of hydrogen-bond donors (Lipinski definition) is 1. The van der Waals surface area contributed by atoms with Crippen molar-refractivity contribution in [3.8, 4) is 11.4 Å². The average molecular weight is 244 g/mol. The molecular formula is C13H16N4O. The second kappa shape index (κ2) is 4.78. The van der Waals surface area contributed by atoms with Crippen molar-refractivity contribution in [3.63, 3.8) is 0 Å². The van der Waals surface area contributed by atoms with Crippen LogP contribution in [0.5, 0.6) is 0 Å². The minimum atomic E-state index is 0.595. The molecule has 0 unspecified atom stereocenters. The fourth-order valence-corrected chi connectivity index (χ4v) is 2.18. The van der Waals surface area contributed by atoms with Crippen molar-refractivity contribution in [2.45, 2.75) is 6.92 Å². The van der Waals surface area contributed by atoms with Gasteiger partial charge in [-0.15, -0.1) is 0 Å². The van der Waals surface area contributed by atoms with Crippen LogP contribution in [-0.4, -0.2) is 36.3 Å². The molecular weight excluding hydrogens is 228 g/mol. The Balaban J connectivity index is 1.88. The summed E-state index contributed by atoms with van der Waals surface area (Å²) < 4.78 is 5.02. The van der Waals surface area contributed by atoms with Gasteiger partial charge < -0.3 is 14.7 Å². The number of nitrogens with zero attached hydrogens (tertiary/aromatic N) is 3. The first kappa shape index (κ1) is 11.2. The Kier molecular flexibility index (Phi) is 2.98. The van der Waals surface area contributed by atoms with Crippen LogP contribution in [0.1, 0.15) is 5.89 Å². The molecule has 1 saturated heterocycles. The Bertz CT molecular complexity index is 531. The van der Waals surface area contributed by atoms with E-state index >= 15 is 0 Å². The predicted octanol–water partition coefficient (Wildman–Crippen LogP) is 1.45. The lowest BCUT2D eigenvalue weighted by Gasteiger charge is -2.29. The van der Waals surface area contributed by atoms with Crippen LogP contribution >= 0.6 is 0 Å². The normalized spacial score (nSPS) is 15.9. The van der Waals surface area contributed by atoms with Crippen molar-refractivity contribution < 1.29 is 4.52 Å². The summed E-state index contributed by atoms with van der Waals surface area (Å²) in [6, 6.07) is 8.30. The third-order valence-corrected chi connectivity index (χ3v) is 3.11. The lowest BCUT2D eigenvalue weighted by atomic mass is 10.1. The summed E-state index contributed by atoms with van der Waals surface area (Å²) in [5.41, 5.74) is 2.22. The molecule has 0 atom stereocenters. The fraction of sp³-hybridized carbons (Fsp3) is 0.385. The summed E-state index contributed by atoms with van der Waals surface area (Å²) in [5.74, 6) is 1.25. The number of piperazine rings is 1. The number of rotatable bonds is 2. The number of nitrogens with one attached hydrogen (secondary N) is 1. The fourth-order valence-electron chi connectivity index (χ4n) is 2.18. The Morgan fingerprint density at radius 3 is 2.83 bits per heavy atom. The van der Waals surface area contributed by atoms with Crippen molar-refractivity contribution in [1.29, 1.82) is 0 Å². The molecule has 0 bridgehead atoms. The molecule has 0 radical (unpaired) electrons. The van der Waals surface area contributed by atoms with Gasteiger partial charge in [0.15, 0.2) is 0 Å². The Labute approximate surface area is 106 Å². The van der Waals surface area contributed by atoms with Crippen LogP contribution in [0.4, 0.5) is 5.69 Å². The topological polar surface area (TPSA) is 54.2 Å². The molecule has 94 valence electrons. The summed E-state index contributed by atoms with van der Waals surface area (Å²) in [7, 11) is 0. The zero-order chi connectivity index (χ0) is 12.4. The van der Waals surface area contributed by atoms with E-state index in [1.807, 2.05) is 12.1 Å². The quantitative estimate of drug-likeness (QED) is 0.866. The summed E-state index contributed by atoms with van der Waals surface area (Å²) in [4.78, 5) is 6.63. The summed E-state index contributed by atoms with van der Waals surface area (Å²) >= 11 is 0. The van der Waals surface area contributed by atoms with Crippen LogP contribution in [0.25, 0.3) is 11.4 Å². The van der Waals surface area contributed by atoms with E-state index in [0.717, 1.165) is 31.7 Å². The van der Waals surface area contributed by atoms with E-state index in [-0.39, 0.29) is 0 Å². The minimum Gasteiger partial charge on any atom is -0.369 e. The highest BCUT2D eigenvalue weighted by atomic mass is 16.5. The highest BCUT2D eigenvalue weighted by Crippen LogP contribution is 2.22. The monoisotopic (exact) mass is 244 g/mol. The van der Waals surface area contributed by atoms with Crippen LogP contribution in [0.15, 0.2) is 28.8 Å². The summed E-state index contributed by atoms with van der Waals surface area (Å²) in [6.07, 6.45) is 0. The second-order valence-electron chi connectivity index (χ2n) is 4.42. The van der Waals surface area contributed by atoms with Gasteiger partial charge in [0, 0.05) is 44.4 Å². The summed E-state index contributed by atoms with van der Waals surface area (Å²) in [6.45, 7) is 5.94. The van der Waals surface area contributed by atoms with Crippen LogP contribution in [0, 0.1) is 6.92 Å². The molecule has 1 aliphatic rings. The first-order valence-electron chi connectivity index (χ1n) is 6.19. The zero-order valence-corrected chi connectivity index (χ0v) is 10.4. The molecule has 0 amide bonds. The van der Waals surface area contributed by atoms with E-state index in [1.54, 1.807) is 6.92 Å². The summed E-state index contributed by atoms with van der Waals surface area (Å²) in [5, 5.41) is 7.31. The minimum absolute atomic E-state index is 0.595. The van der Waals surface area contributed by atoms with Crippen molar-refractivity contribution in [2.24, 2.45) is 0 Å². The molecule has 1 aliphatic heterocycles. The first-order chi connectivity index (χ1) is 8.83. The van der Waals surface area contributed by atoms with Crippen LogP contribution in [-0.2, 0) is 0 Å². The largest absolute Gasteiger partial charge is 0.369 e. The highest BCUT2D eigenvalue weighted by molar-refractivity contribution is 5.63. The molecule has 1 fully saturated rings. The van der Waals surface area contributed by atoms with Gasteiger partial charge in [-0.2, -0.15) is 4.98 Å². The van der Waals surface area contributed by atoms with E-state index in [1.165, 1.54) is 5.69 Å². The van der Waals surface area contributed by atoms with Crippen molar-refractivity contribution in [2.75, 3.05) is 31.1 Å². The lowest BCUT2D eigenvalue weighted by Crippen LogP contribution is -2.43. The van der Waals surface area contributed by atoms with Gasteiger partial charge in [-0.25, -0.2) is 0 Å². The molecule has 2 aromatic rings. The standard InChI is InChI=1S/C13H16N4O/c1-10-15-13(16-18-10)11-3-2-4-12(9-11)17-7-5-14-6-8-17/h2-4,9,14H,5-8H2,1H3. The molecule has 18 heavy (non-hydrogen) atoms. The van der Waals surface area contributed by atoms with Gasteiger partial charge in [0.2, 0.25) is 11.7 Å². The van der Waals surface area contributed by atoms with Crippen LogP contribution < -0.4 is 10.2 Å². The van der Waals surface area contributed by atoms with E-state index in [9.17, 15) is 0 Å². The molecule has 5 nitrogen and oxygen atoms in total. The molecule has 1 aromatic carbocycles. The molecule has 2 heterocycles. The lowest BCUT2D eigenvalue weighted by molar-refractivity contribution is 0.394. The van der Waals surface area contributed by atoms with E-state index in [2.05, 4.69) is 32.5 Å². The van der Waals surface area contributed by atoms with E-state index in [4.69, 9.17) is 4.52 Å². The third-order valence-electron chi connectivity index (χ3n) is 3.11. The zero-order valence-electron chi connectivity index (χ0n) is 10.4. The Morgan fingerprint density at radius 1 is 1.28 bits per heavy atom. The Morgan fingerprint density at radius 2 is 2.11 bits per heavy atom. The van der Waals surface area contributed by atoms with Gasteiger partial charge in [0.25, 0.3) is 0 Å². The molecule has 5 heteroatoms. The maximum atomic E-state index is 5.02. The maximum Gasteiger partial charge on any atom is 0.223 e. The van der Waals surface area contributed by atoms with E-state index in [0.29, 0.717) is 11.7 Å². The number of aromatic nitrogens is 2. The molecule has 0 spiro atoms. The number of benzene rings is 1. The molecule has 1 N–H and O–H groups in total. The smallest absolute Gasteiger partial charge is 0.223 e. The van der Waals surface area contributed by atoms with E-state index < -0.39 is 0 Å². The van der Waals surface area contributed by atoms with Gasteiger partial charge >= 0.3 is 0 Å². The van der Waals surface area contributed by atoms with Gasteiger partial charge in [-0.3, -0.25) is 0 Å². The number of anilines is 1. The maximum absolute atomic E-state index is 5.02. The van der Waals surface area contributed by atoms with Gasteiger partial charge in [0.05, 0.1) is 0 Å². The molecule has 3 rings (SSSR count). The highest BCUT2D eigenvalue weighted by Gasteiger charge is 2.12. The van der Waals surface area contributed by atoms with Crippen molar-refractivity contribution in [3.05, 3.63) is 30.2 Å². The van der Waals surface area contributed by atoms with Gasteiger partial charge in [0.1, 0.15) is 0 Å². The second-order valence-corrected chi connectivity index (χ2v) is 4.42. The van der Waals surface area contributed by atoms with Crippen LogP contribution in [0.2, 0.25) is 0 Å². The number of hydrogen-bond acceptors (Lipinski definition) is 5. The van der Waals surface area contributed by atoms with Crippen LogP contribution in [0.3, 0.4) is 0 Å². The average Bonchev–Trinajstić information content (AvgIpc) is 2.87. The Hall–Kier alpha value is -1.88. The van der Waals surface area contributed by atoms with Gasteiger partial charge in [-0.1, -0.05) is 17.3 Å². The molecule has 0 aliphatic carbocycles. The molecule has 1 aromatic heterocycles. The molecule has 0 saturated carbocycles. The van der Waals surface area contributed by atoms with Crippen molar-refractivity contribution >= 4 is 5.69 Å². The van der Waals surface area contributed by atoms with Gasteiger partial charge in [-0.05, 0) is 12.1 Å².